The molecule has 0 unspecified atom stereocenters. The predicted molar refractivity (Wildman–Crippen MR) is 205 cm³/mol. The molecule has 8 fully saturated rings. The van der Waals surface area contributed by atoms with Crippen LogP contribution in [0.15, 0.2) is 0 Å². The Morgan fingerprint density at radius 2 is 0.941 bits per heavy atom. The largest absolute Gasteiger partial charge is 0.465 e. The number of ether oxygens (including phenoxy) is 4. The molecule has 0 aromatic carbocycles. The van der Waals surface area contributed by atoms with Crippen LogP contribution in [0.5, 0.6) is 0 Å². The molecule has 8 aliphatic rings. The lowest BCUT2D eigenvalue weighted by Gasteiger charge is -2.59. The van der Waals surface area contributed by atoms with Gasteiger partial charge in [0.15, 0.2) is 0 Å². The van der Waals surface area contributed by atoms with Crippen LogP contribution < -0.4 is 0 Å². The summed E-state index contributed by atoms with van der Waals surface area (Å²) in [6.45, 7) is 14.0. The summed E-state index contributed by atoms with van der Waals surface area (Å²) in [4.78, 5) is 48.8. The van der Waals surface area contributed by atoms with Gasteiger partial charge < -0.3 is 18.9 Å². The highest BCUT2D eigenvalue weighted by molar-refractivity contribution is 5.78. The summed E-state index contributed by atoms with van der Waals surface area (Å²) in [5.41, 5.74) is -1.47. The highest BCUT2D eigenvalue weighted by atomic mass is 16.6. The molecule has 51 heavy (non-hydrogen) atoms. The van der Waals surface area contributed by atoms with Gasteiger partial charge in [-0.15, -0.1) is 0 Å². The SMILES string of the molecule is C.C.C.C.CCC(C)(C)C(=O)OCCC(=O)OC1(C)C2CC3CC(C2)CC1C3.CCC(C)(C)C(=O)OCCOC(=O)C12CC3CC(CC(C3)C1)C2. The Labute approximate surface area is 312 Å². The van der Waals surface area contributed by atoms with Gasteiger partial charge in [0.25, 0.3) is 0 Å². The third kappa shape index (κ3) is 10.3. The van der Waals surface area contributed by atoms with Gasteiger partial charge in [-0.1, -0.05) is 43.6 Å². The Morgan fingerprint density at radius 1 is 0.569 bits per heavy atom. The molecule has 0 aliphatic heterocycles. The number of rotatable bonds is 12. The van der Waals surface area contributed by atoms with Crippen molar-refractivity contribution < 1.29 is 38.1 Å². The Bertz CT molecular complexity index is 1110. The van der Waals surface area contributed by atoms with E-state index in [2.05, 4.69) is 6.92 Å². The molecule has 8 aliphatic carbocycles. The molecule has 0 N–H and O–H groups in total. The molecule has 8 nitrogen and oxygen atoms in total. The summed E-state index contributed by atoms with van der Waals surface area (Å²) in [5, 5.41) is 0. The maximum Gasteiger partial charge on any atom is 0.312 e. The first-order valence-corrected chi connectivity index (χ1v) is 18.8. The summed E-state index contributed by atoms with van der Waals surface area (Å²) in [6.07, 6.45) is 14.9. The summed E-state index contributed by atoms with van der Waals surface area (Å²) in [7, 11) is 0. The van der Waals surface area contributed by atoms with Crippen LogP contribution in [0, 0.1) is 57.7 Å². The first-order valence-electron chi connectivity index (χ1n) is 18.8. The van der Waals surface area contributed by atoms with Gasteiger partial charge in [0.1, 0.15) is 25.4 Å². The maximum absolute atomic E-state index is 12.6. The van der Waals surface area contributed by atoms with Crippen LogP contribution in [0.25, 0.3) is 0 Å². The molecule has 0 atom stereocenters. The zero-order valence-corrected chi connectivity index (χ0v) is 30.3. The van der Waals surface area contributed by atoms with E-state index in [1.165, 1.54) is 51.4 Å². The second-order valence-electron chi connectivity index (χ2n) is 17.8. The molecule has 0 heterocycles. The van der Waals surface area contributed by atoms with Crippen LogP contribution in [0.4, 0.5) is 0 Å². The van der Waals surface area contributed by atoms with E-state index in [4.69, 9.17) is 18.9 Å². The van der Waals surface area contributed by atoms with E-state index in [0.29, 0.717) is 11.8 Å². The third-order valence-electron chi connectivity index (χ3n) is 13.5. The van der Waals surface area contributed by atoms with Crippen molar-refractivity contribution >= 4 is 23.9 Å². The Kier molecular flexibility index (Phi) is 16.8. The van der Waals surface area contributed by atoms with Gasteiger partial charge in [0.2, 0.25) is 0 Å². The van der Waals surface area contributed by atoms with Crippen LogP contribution in [-0.4, -0.2) is 49.3 Å². The van der Waals surface area contributed by atoms with E-state index in [0.717, 1.165) is 61.7 Å². The van der Waals surface area contributed by atoms with Crippen molar-refractivity contribution in [1.82, 2.24) is 0 Å². The first-order chi connectivity index (χ1) is 22.1. The smallest absolute Gasteiger partial charge is 0.312 e. The van der Waals surface area contributed by atoms with Gasteiger partial charge in [-0.25, -0.2) is 0 Å². The van der Waals surface area contributed by atoms with E-state index in [-0.39, 0.29) is 90.8 Å². The molecule has 0 radical (unpaired) electrons. The fraction of sp³-hybridized carbons (Fsp3) is 0.907. The van der Waals surface area contributed by atoms with Crippen molar-refractivity contribution in [3.63, 3.8) is 0 Å². The van der Waals surface area contributed by atoms with Crippen molar-refractivity contribution in [3.8, 4) is 0 Å². The third-order valence-corrected chi connectivity index (χ3v) is 13.5. The Morgan fingerprint density at radius 3 is 1.35 bits per heavy atom. The van der Waals surface area contributed by atoms with Gasteiger partial charge in [0.05, 0.1) is 22.7 Å². The van der Waals surface area contributed by atoms with Gasteiger partial charge in [0, 0.05) is 0 Å². The van der Waals surface area contributed by atoms with Crippen molar-refractivity contribution in [2.24, 2.45) is 57.7 Å². The van der Waals surface area contributed by atoms with Crippen molar-refractivity contribution in [1.29, 1.82) is 0 Å². The van der Waals surface area contributed by atoms with E-state index in [1.54, 1.807) is 0 Å². The number of esters is 4. The number of hydrogen-bond acceptors (Lipinski definition) is 8. The van der Waals surface area contributed by atoms with Crippen molar-refractivity contribution in [2.75, 3.05) is 19.8 Å². The fourth-order valence-electron chi connectivity index (χ4n) is 10.3. The highest BCUT2D eigenvalue weighted by Crippen LogP contribution is 2.61. The minimum absolute atomic E-state index is 0. The molecule has 0 aromatic heterocycles. The van der Waals surface area contributed by atoms with Crippen LogP contribution >= 0.6 is 0 Å². The van der Waals surface area contributed by atoms with Crippen LogP contribution in [0.3, 0.4) is 0 Å². The van der Waals surface area contributed by atoms with E-state index < -0.39 is 10.8 Å². The topological polar surface area (TPSA) is 105 Å². The van der Waals surface area contributed by atoms with E-state index >= 15 is 0 Å². The minimum atomic E-state index is -0.489. The Balaban J connectivity index is 0.000000473. The average Bonchev–Trinajstić information content (AvgIpc) is 3.01. The molecule has 8 saturated carbocycles. The lowest BCUT2D eigenvalue weighted by atomic mass is 9.49. The molecule has 8 bridgehead atoms. The summed E-state index contributed by atoms with van der Waals surface area (Å²) in [5.74, 6) is 4.26. The van der Waals surface area contributed by atoms with Gasteiger partial charge in [-0.2, -0.15) is 0 Å². The quantitative estimate of drug-likeness (QED) is 0.111. The monoisotopic (exact) mass is 723 g/mol. The standard InChI is InChI=1S/C20H32O4.C19H30O4.4CH4/c1-5-19(2,3)18(22)23-7-6-17(21)24-20(4)15-9-13-8-14(11-15)12-16(20)10-13;1-4-18(2,3)16(20)22-5-6-23-17(21)19-10-13-7-14(11-19)9-15(8-13)12-19;;;;/h13-16H,5-12H2,1-4H3;13-15H,4-12H2,1-3H3;4*1H4. The molecule has 298 valence electrons. The zero-order chi connectivity index (χ0) is 34.2. The first kappa shape index (κ1) is 46.9. The zero-order valence-electron chi connectivity index (χ0n) is 30.3. The number of carbonyl (C=O) groups is 4. The van der Waals surface area contributed by atoms with Gasteiger partial charge in [-0.05, 0) is 160 Å². The molecular weight excluding hydrogens is 644 g/mol. The molecule has 0 aromatic rings. The molecule has 0 saturated heterocycles. The molecule has 0 amide bonds. The fourth-order valence-corrected chi connectivity index (χ4v) is 10.3. The van der Waals surface area contributed by atoms with Crippen LogP contribution in [0.2, 0.25) is 0 Å². The lowest BCUT2D eigenvalue weighted by molar-refractivity contribution is -0.204. The molecular formula is C43H78O8. The molecule has 0 spiro atoms. The van der Waals surface area contributed by atoms with Crippen LogP contribution in [-0.2, 0) is 38.1 Å². The predicted octanol–water partition coefficient (Wildman–Crippen LogP) is 10.4. The number of carbonyl (C=O) groups excluding carboxylic acids is 4. The number of hydrogen-bond donors (Lipinski definition) is 0. The normalized spacial score (nSPS) is 33.4. The maximum atomic E-state index is 12.6. The minimum Gasteiger partial charge on any atom is -0.465 e. The summed E-state index contributed by atoms with van der Waals surface area (Å²) >= 11 is 0. The molecule has 8 heteroatoms. The molecule has 8 rings (SSSR count). The second kappa shape index (κ2) is 18.3. The van der Waals surface area contributed by atoms with E-state index in [1.807, 2.05) is 41.5 Å². The van der Waals surface area contributed by atoms with Crippen molar-refractivity contribution in [3.05, 3.63) is 0 Å². The van der Waals surface area contributed by atoms with Gasteiger partial charge >= 0.3 is 23.9 Å². The van der Waals surface area contributed by atoms with Crippen molar-refractivity contribution in [2.45, 2.75) is 174 Å². The van der Waals surface area contributed by atoms with Crippen LogP contribution in [0.1, 0.15) is 168 Å². The average molecular weight is 723 g/mol. The van der Waals surface area contributed by atoms with Gasteiger partial charge in [-0.3, -0.25) is 19.2 Å². The Hall–Kier alpha value is -2.12. The second-order valence-corrected chi connectivity index (χ2v) is 17.8. The lowest BCUT2D eigenvalue weighted by Crippen LogP contribution is -2.58. The van der Waals surface area contributed by atoms with E-state index in [9.17, 15) is 19.2 Å². The highest BCUT2D eigenvalue weighted by Gasteiger charge is 2.57. The summed E-state index contributed by atoms with van der Waals surface area (Å²) < 4.78 is 22.0. The summed E-state index contributed by atoms with van der Waals surface area (Å²) in [6, 6.07) is 0.